The van der Waals surface area contributed by atoms with Crippen LogP contribution in [0.4, 0.5) is 0 Å². The number of hydrogen-bond acceptors (Lipinski definition) is 5. The predicted molar refractivity (Wildman–Crippen MR) is 97.0 cm³/mol. The molecule has 0 amide bonds. The Kier molecular flexibility index (Phi) is 4.94. The average Bonchev–Trinajstić information content (AvgIpc) is 2.88. The fourth-order valence-corrected chi connectivity index (χ4v) is 3.18. The molecule has 0 saturated carbocycles. The van der Waals surface area contributed by atoms with E-state index < -0.39 is 23.3 Å². The number of rotatable bonds is 4. The highest BCUT2D eigenvalue weighted by molar-refractivity contribution is 6.30. The van der Waals surface area contributed by atoms with Crippen LogP contribution in [0.5, 0.6) is 0 Å². The first kappa shape index (κ1) is 18.3. The molecule has 1 N–H and O–H groups in total. The van der Waals surface area contributed by atoms with E-state index in [1.54, 1.807) is 48.5 Å². The van der Waals surface area contributed by atoms with Crippen LogP contribution in [0.2, 0.25) is 10.0 Å². The first-order chi connectivity index (χ1) is 12.4. The van der Waals surface area contributed by atoms with Crippen molar-refractivity contribution in [1.29, 1.82) is 0 Å². The van der Waals surface area contributed by atoms with E-state index in [2.05, 4.69) is 0 Å². The van der Waals surface area contributed by atoms with E-state index in [1.165, 1.54) is 7.11 Å². The van der Waals surface area contributed by atoms with E-state index in [0.29, 0.717) is 21.2 Å². The van der Waals surface area contributed by atoms with Crippen LogP contribution >= 0.6 is 23.2 Å². The summed E-state index contributed by atoms with van der Waals surface area (Å²) in [6, 6.07) is 13.1. The number of aliphatic hydroxyl groups excluding tert-OH is 1. The van der Waals surface area contributed by atoms with Crippen LogP contribution in [0.1, 0.15) is 11.1 Å². The first-order valence-corrected chi connectivity index (χ1v) is 8.39. The van der Waals surface area contributed by atoms with Crippen molar-refractivity contribution in [3.63, 3.8) is 0 Å². The summed E-state index contributed by atoms with van der Waals surface area (Å²) in [5.41, 5.74) is -0.663. The third kappa shape index (κ3) is 3.16. The highest BCUT2D eigenvalue weighted by atomic mass is 35.5. The van der Waals surface area contributed by atoms with Crippen molar-refractivity contribution in [2.24, 2.45) is 0 Å². The Hall–Kier alpha value is -2.50. The molecular formula is C19H14Cl2O5. The van der Waals surface area contributed by atoms with Gasteiger partial charge in [-0.2, -0.15) is 0 Å². The van der Waals surface area contributed by atoms with Gasteiger partial charge in [-0.15, -0.1) is 0 Å². The molecule has 26 heavy (non-hydrogen) atoms. The molecule has 1 heterocycles. The molecule has 0 saturated heterocycles. The molecule has 7 heteroatoms. The smallest absolute Gasteiger partial charge is 0.375 e. The van der Waals surface area contributed by atoms with Crippen molar-refractivity contribution < 1.29 is 24.2 Å². The van der Waals surface area contributed by atoms with Crippen LogP contribution in [-0.2, 0) is 25.5 Å². The standard InChI is InChI=1S/C19H14Cl2O5/c1-25-18(24)19(10-11-2-6-13(20)7-3-11)15(16(22)17(23)26-19)12-4-8-14(21)9-5-12/h2-9,22H,10H2,1H3. The van der Waals surface area contributed by atoms with Gasteiger partial charge in [-0.05, 0) is 35.4 Å². The van der Waals surface area contributed by atoms with E-state index >= 15 is 0 Å². The molecule has 2 aromatic rings. The number of hydrogen-bond donors (Lipinski definition) is 1. The van der Waals surface area contributed by atoms with Crippen LogP contribution in [-0.4, -0.2) is 29.8 Å². The summed E-state index contributed by atoms with van der Waals surface area (Å²) in [5.74, 6) is -2.42. The Labute approximate surface area is 159 Å². The molecule has 1 aliphatic heterocycles. The zero-order valence-corrected chi connectivity index (χ0v) is 15.2. The third-order valence-corrected chi connectivity index (χ3v) is 4.62. The molecule has 1 aliphatic rings. The minimum Gasteiger partial charge on any atom is -0.502 e. The number of cyclic esters (lactones) is 1. The molecule has 2 aromatic carbocycles. The van der Waals surface area contributed by atoms with Crippen LogP contribution in [0.25, 0.3) is 5.57 Å². The maximum Gasteiger partial charge on any atom is 0.375 e. The Morgan fingerprint density at radius 1 is 1.08 bits per heavy atom. The van der Waals surface area contributed by atoms with Crippen molar-refractivity contribution in [1.82, 2.24) is 0 Å². The van der Waals surface area contributed by atoms with E-state index in [4.69, 9.17) is 32.7 Å². The van der Waals surface area contributed by atoms with Gasteiger partial charge in [-0.1, -0.05) is 47.5 Å². The minimum atomic E-state index is -1.81. The summed E-state index contributed by atoms with van der Waals surface area (Å²) in [5, 5.41) is 11.3. The quantitative estimate of drug-likeness (QED) is 0.796. The van der Waals surface area contributed by atoms with Gasteiger partial charge in [-0.25, -0.2) is 9.59 Å². The van der Waals surface area contributed by atoms with Crippen molar-refractivity contribution >= 4 is 40.7 Å². The molecule has 3 rings (SSSR count). The lowest BCUT2D eigenvalue weighted by atomic mass is 9.83. The average molecular weight is 393 g/mol. The normalized spacial score (nSPS) is 19.4. The summed E-state index contributed by atoms with van der Waals surface area (Å²) >= 11 is 11.8. The van der Waals surface area contributed by atoms with Gasteiger partial charge in [0.1, 0.15) is 0 Å². The van der Waals surface area contributed by atoms with E-state index in [0.717, 1.165) is 0 Å². The lowest BCUT2D eigenvalue weighted by molar-refractivity contribution is -0.169. The summed E-state index contributed by atoms with van der Waals surface area (Å²) < 4.78 is 10.2. The molecule has 0 aliphatic carbocycles. The van der Waals surface area contributed by atoms with Gasteiger partial charge in [0.25, 0.3) is 0 Å². The van der Waals surface area contributed by atoms with Crippen LogP contribution in [0.3, 0.4) is 0 Å². The van der Waals surface area contributed by atoms with Crippen LogP contribution < -0.4 is 0 Å². The topological polar surface area (TPSA) is 72.8 Å². The van der Waals surface area contributed by atoms with Crippen molar-refractivity contribution in [3.8, 4) is 0 Å². The lowest BCUT2D eigenvalue weighted by Crippen LogP contribution is -2.44. The Morgan fingerprint density at radius 2 is 1.62 bits per heavy atom. The van der Waals surface area contributed by atoms with Gasteiger partial charge < -0.3 is 14.6 Å². The monoisotopic (exact) mass is 392 g/mol. The molecule has 0 bridgehead atoms. The molecule has 1 atom stereocenters. The number of esters is 2. The molecule has 0 radical (unpaired) electrons. The maximum absolute atomic E-state index is 12.7. The number of ether oxygens (including phenoxy) is 2. The Balaban J connectivity index is 2.15. The van der Waals surface area contributed by atoms with Gasteiger partial charge >= 0.3 is 11.9 Å². The lowest BCUT2D eigenvalue weighted by Gasteiger charge is -2.28. The van der Waals surface area contributed by atoms with Crippen molar-refractivity contribution in [2.75, 3.05) is 7.11 Å². The number of benzene rings is 2. The number of methoxy groups -OCH3 is 1. The van der Waals surface area contributed by atoms with Gasteiger partial charge in [0, 0.05) is 16.5 Å². The molecule has 5 nitrogen and oxygen atoms in total. The van der Waals surface area contributed by atoms with E-state index in [9.17, 15) is 14.7 Å². The molecular weight excluding hydrogens is 379 g/mol. The number of aliphatic hydroxyl groups is 1. The van der Waals surface area contributed by atoms with Gasteiger partial charge in [0.2, 0.25) is 11.4 Å². The predicted octanol–water partition coefficient (Wildman–Crippen LogP) is 3.97. The summed E-state index contributed by atoms with van der Waals surface area (Å²) in [7, 11) is 1.19. The Morgan fingerprint density at radius 3 is 2.15 bits per heavy atom. The fourth-order valence-electron chi connectivity index (χ4n) is 2.93. The maximum atomic E-state index is 12.7. The molecule has 1 unspecified atom stereocenters. The molecule has 0 fully saturated rings. The molecule has 0 spiro atoms. The second kappa shape index (κ2) is 7.02. The van der Waals surface area contributed by atoms with E-state index in [-0.39, 0.29) is 12.0 Å². The van der Waals surface area contributed by atoms with Gasteiger partial charge in [0.15, 0.2) is 0 Å². The molecule has 134 valence electrons. The van der Waals surface area contributed by atoms with Crippen LogP contribution in [0.15, 0.2) is 54.3 Å². The summed E-state index contributed by atoms with van der Waals surface area (Å²) in [6.07, 6.45) is -0.0232. The second-order valence-corrected chi connectivity index (χ2v) is 6.61. The highest BCUT2D eigenvalue weighted by Crippen LogP contribution is 2.42. The SMILES string of the molecule is COC(=O)C1(Cc2ccc(Cl)cc2)OC(=O)C(O)=C1c1ccc(Cl)cc1. The number of carbonyl (C=O) groups excluding carboxylic acids is 2. The largest absolute Gasteiger partial charge is 0.502 e. The van der Waals surface area contributed by atoms with Crippen molar-refractivity contribution in [2.45, 2.75) is 12.0 Å². The third-order valence-electron chi connectivity index (χ3n) is 4.12. The molecule has 0 aromatic heterocycles. The fraction of sp³-hybridized carbons (Fsp3) is 0.158. The summed E-state index contributed by atoms with van der Waals surface area (Å²) in [6.45, 7) is 0. The first-order valence-electron chi connectivity index (χ1n) is 7.63. The van der Waals surface area contributed by atoms with Gasteiger partial charge in [0.05, 0.1) is 12.7 Å². The highest BCUT2D eigenvalue weighted by Gasteiger charge is 2.55. The second-order valence-electron chi connectivity index (χ2n) is 5.74. The Bertz CT molecular complexity index is 887. The van der Waals surface area contributed by atoms with Crippen molar-refractivity contribution in [3.05, 3.63) is 75.5 Å². The van der Waals surface area contributed by atoms with E-state index in [1.807, 2.05) is 0 Å². The zero-order chi connectivity index (χ0) is 18.9. The van der Waals surface area contributed by atoms with Gasteiger partial charge in [-0.3, -0.25) is 0 Å². The van der Waals surface area contributed by atoms with Crippen LogP contribution in [0, 0.1) is 0 Å². The minimum absolute atomic E-state index is 0.0232. The summed E-state index contributed by atoms with van der Waals surface area (Å²) in [4.78, 5) is 24.8. The number of carbonyl (C=O) groups is 2. The number of halogens is 2. The zero-order valence-electron chi connectivity index (χ0n) is 13.7.